The second-order valence-electron chi connectivity index (χ2n) is 5.62. The third-order valence-corrected chi connectivity index (χ3v) is 5.96. The zero-order valence-corrected chi connectivity index (χ0v) is 14.3. The van der Waals surface area contributed by atoms with Crippen molar-refractivity contribution in [3.8, 4) is 10.4 Å². The first-order chi connectivity index (χ1) is 10.1. The molecule has 3 rings (SSSR count). The lowest BCUT2D eigenvalue weighted by Crippen LogP contribution is -1.95. The van der Waals surface area contributed by atoms with Gasteiger partial charge in [0.2, 0.25) is 0 Å². The first-order valence-corrected chi connectivity index (χ1v) is 8.75. The Morgan fingerprint density at radius 2 is 1.95 bits per heavy atom. The van der Waals surface area contributed by atoms with Crippen molar-refractivity contribution in [3.63, 3.8) is 0 Å². The van der Waals surface area contributed by atoms with E-state index in [1.54, 1.807) is 11.3 Å². The molecule has 1 aromatic heterocycles. The van der Waals surface area contributed by atoms with E-state index in [-0.39, 0.29) is 0 Å². The van der Waals surface area contributed by atoms with Crippen molar-refractivity contribution in [1.29, 1.82) is 0 Å². The van der Waals surface area contributed by atoms with Gasteiger partial charge in [0, 0.05) is 5.92 Å². The summed E-state index contributed by atoms with van der Waals surface area (Å²) in [5.74, 6) is 0.568. The second-order valence-corrected chi connectivity index (χ2v) is 7.44. The molecule has 1 heterocycles. The van der Waals surface area contributed by atoms with Crippen LogP contribution in [0, 0.1) is 0 Å². The van der Waals surface area contributed by atoms with Crippen molar-refractivity contribution in [2.24, 2.45) is 0 Å². The molecule has 0 radical (unpaired) electrons. The average Bonchev–Trinajstić information content (AvgIpc) is 3.09. The summed E-state index contributed by atoms with van der Waals surface area (Å²) in [6.45, 7) is 6.04. The minimum absolute atomic E-state index is 0.568. The van der Waals surface area contributed by atoms with Gasteiger partial charge in [0.05, 0.1) is 20.6 Å². The summed E-state index contributed by atoms with van der Waals surface area (Å²) in [5.41, 5.74) is 3.34. The van der Waals surface area contributed by atoms with E-state index >= 15 is 0 Å². The maximum absolute atomic E-state index is 6.18. The van der Waals surface area contributed by atoms with Crippen LogP contribution in [-0.4, -0.2) is 4.98 Å². The van der Waals surface area contributed by atoms with Gasteiger partial charge in [0.15, 0.2) is 0 Å². The number of allylic oxidation sites excluding steroid dienone is 1. The van der Waals surface area contributed by atoms with Crippen LogP contribution in [0.5, 0.6) is 0 Å². The standard InChI is InChI=1S/C17H17Cl2NS/c1-10(2)17-20-15(11-5-3-4-6-11)16(21-17)12-7-8-13(18)14(19)9-12/h7-9,11H,1,3-6H2,2H3. The fourth-order valence-electron chi connectivity index (χ4n) is 2.83. The van der Waals surface area contributed by atoms with Gasteiger partial charge in [-0.3, -0.25) is 0 Å². The summed E-state index contributed by atoms with van der Waals surface area (Å²) in [7, 11) is 0. The number of halogens is 2. The summed E-state index contributed by atoms with van der Waals surface area (Å²) >= 11 is 13.9. The Balaban J connectivity index is 2.10. The molecule has 1 aromatic carbocycles. The highest BCUT2D eigenvalue weighted by Crippen LogP contribution is 2.43. The molecule has 0 aliphatic heterocycles. The van der Waals surface area contributed by atoms with Crippen molar-refractivity contribution in [2.45, 2.75) is 38.5 Å². The van der Waals surface area contributed by atoms with Gasteiger partial charge >= 0.3 is 0 Å². The predicted octanol–water partition coefficient (Wildman–Crippen LogP) is 6.81. The van der Waals surface area contributed by atoms with Gasteiger partial charge in [-0.1, -0.05) is 48.7 Å². The minimum atomic E-state index is 0.568. The molecule has 1 aliphatic rings. The fraction of sp³-hybridized carbons (Fsp3) is 0.353. The number of nitrogens with zero attached hydrogens (tertiary/aromatic N) is 1. The Bertz CT molecular complexity index is 684. The smallest absolute Gasteiger partial charge is 0.119 e. The lowest BCUT2D eigenvalue weighted by atomic mass is 10.00. The summed E-state index contributed by atoms with van der Waals surface area (Å²) < 4.78 is 0. The average molecular weight is 338 g/mol. The summed E-state index contributed by atoms with van der Waals surface area (Å²) in [4.78, 5) is 6.08. The van der Waals surface area contributed by atoms with E-state index in [1.807, 2.05) is 25.1 Å². The van der Waals surface area contributed by atoms with Crippen LogP contribution in [0.25, 0.3) is 16.0 Å². The molecule has 110 valence electrons. The lowest BCUT2D eigenvalue weighted by molar-refractivity contribution is 0.704. The first-order valence-electron chi connectivity index (χ1n) is 7.18. The third-order valence-electron chi connectivity index (χ3n) is 3.94. The van der Waals surface area contributed by atoms with Gasteiger partial charge in [0.1, 0.15) is 5.01 Å². The van der Waals surface area contributed by atoms with E-state index < -0.39 is 0 Å². The number of hydrogen-bond donors (Lipinski definition) is 0. The van der Waals surface area contributed by atoms with Crippen LogP contribution in [0.4, 0.5) is 0 Å². The van der Waals surface area contributed by atoms with Crippen LogP contribution in [0.2, 0.25) is 10.0 Å². The molecule has 4 heteroatoms. The van der Waals surface area contributed by atoms with Crippen molar-refractivity contribution in [1.82, 2.24) is 4.98 Å². The first kappa shape index (κ1) is 15.1. The molecule has 0 N–H and O–H groups in total. The highest BCUT2D eigenvalue weighted by atomic mass is 35.5. The third kappa shape index (κ3) is 3.03. The minimum Gasteiger partial charge on any atom is -0.241 e. The summed E-state index contributed by atoms with van der Waals surface area (Å²) in [6, 6.07) is 5.83. The number of rotatable bonds is 3. The summed E-state index contributed by atoms with van der Waals surface area (Å²) in [5, 5.41) is 2.21. The van der Waals surface area contributed by atoms with Crippen LogP contribution < -0.4 is 0 Å². The van der Waals surface area contributed by atoms with Gasteiger partial charge < -0.3 is 0 Å². The van der Waals surface area contributed by atoms with Crippen LogP contribution in [0.3, 0.4) is 0 Å². The Labute approximate surface area is 139 Å². The SMILES string of the molecule is C=C(C)c1nc(C2CCCC2)c(-c2ccc(Cl)c(Cl)c2)s1. The van der Waals surface area contributed by atoms with Crippen molar-refractivity contribution in [3.05, 3.63) is 45.5 Å². The molecular weight excluding hydrogens is 321 g/mol. The number of benzene rings is 1. The fourth-order valence-corrected chi connectivity index (χ4v) is 4.21. The number of hydrogen-bond acceptors (Lipinski definition) is 2. The lowest BCUT2D eigenvalue weighted by Gasteiger charge is -2.09. The van der Waals surface area contributed by atoms with Crippen LogP contribution in [0.15, 0.2) is 24.8 Å². The predicted molar refractivity (Wildman–Crippen MR) is 93.5 cm³/mol. The molecule has 0 saturated heterocycles. The Hall–Kier alpha value is -0.830. The molecular formula is C17H17Cl2NS. The maximum Gasteiger partial charge on any atom is 0.119 e. The van der Waals surface area contributed by atoms with Gasteiger partial charge in [-0.05, 0) is 43.0 Å². The quantitative estimate of drug-likeness (QED) is 0.599. The van der Waals surface area contributed by atoms with Crippen LogP contribution in [-0.2, 0) is 0 Å². The molecule has 0 amide bonds. The van der Waals surface area contributed by atoms with E-state index in [2.05, 4.69) is 6.58 Å². The molecule has 2 aromatic rings. The molecule has 0 spiro atoms. The molecule has 1 nitrogen and oxygen atoms in total. The van der Waals surface area contributed by atoms with Gasteiger partial charge in [-0.15, -0.1) is 11.3 Å². The van der Waals surface area contributed by atoms with Gasteiger partial charge in [-0.25, -0.2) is 4.98 Å². The topological polar surface area (TPSA) is 12.9 Å². The Morgan fingerprint density at radius 1 is 1.24 bits per heavy atom. The van der Waals surface area contributed by atoms with Crippen LogP contribution in [0.1, 0.15) is 49.2 Å². The van der Waals surface area contributed by atoms with E-state index in [0.717, 1.165) is 16.1 Å². The van der Waals surface area contributed by atoms with E-state index in [0.29, 0.717) is 16.0 Å². The van der Waals surface area contributed by atoms with Crippen molar-refractivity contribution >= 4 is 40.1 Å². The van der Waals surface area contributed by atoms with Crippen molar-refractivity contribution < 1.29 is 0 Å². The molecule has 1 fully saturated rings. The molecule has 1 saturated carbocycles. The number of aromatic nitrogens is 1. The van der Waals surface area contributed by atoms with E-state index in [4.69, 9.17) is 28.2 Å². The zero-order valence-electron chi connectivity index (χ0n) is 12.0. The van der Waals surface area contributed by atoms with E-state index in [1.165, 1.54) is 36.3 Å². The zero-order chi connectivity index (χ0) is 15.0. The normalized spacial score (nSPS) is 15.6. The summed E-state index contributed by atoms with van der Waals surface area (Å²) in [6.07, 6.45) is 5.05. The maximum atomic E-state index is 6.18. The monoisotopic (exact) mass is 337 g/mol. The molecule has 21 heavy (non-hydrogen) atoms. The van der Waals surface area contributed by atoms with Crippen molar-refractivity contribution in [2.75, 3.05) is 0 Å². The second kappa shape index (κ2) is 6.12. The Kier molecular flexibility index (Phi) is 4.39. The Morgan fingerprint density at radius 3 is 2.57 bits per heavy atom. The highest BCUT2D eigenvalue weighted by Gasteiger charge is 2.25. The van der Waals surface area contributed by atoms with Gasteiger partial charge in [-0.2, -0.15) is 0 Å². The molecule has 0 atom stereocenters. The molecule has 0 unspecified atom stereocenters. The highest BCUT2D eigenvalue weighted by molar-refractivity contribution is 7.16. The van der Waals surface area contributed by atoms with E-state index in [9.17, 15) is 0 Å². The largest absolute Gasteiger partial charge is 0.241 e. The van der Waals surface area contributed by atoms with Gasteiger partial charge in [0.25, 0.3) is 0 Å². The molecule has 0 bridgehead atoms. The molecule has 1 aliphatic carbocycles. The number of thiazole rings is 1. The van der Waals surface area contributed by atoms with Crippen LogP contribution >= 0.6 is 34.5 Å².